The normalized spacial score (nSPS) is 12.2. The molecule has 0 radical (unpaired) electrons. The molecule has 9 heteroatoms. The van der Waals surface area contributed by atoms with Crippen LogP contribution >= 0.6 is 23.1 Å². The maximum atomic E-state index is 12.5. The second kappa shape index (κ2) is 9.07. The Hall–Kier alpha value is -2.91. The van der Waals surface area contributed by atoms with Gasteiger partial charge < -0.3 is 10.3 Å². The lowest BCUT2D eigenvalue weighted by Crippen LogP contribution is -2.30. The van der Waals surface area contributed by atoms with Crippen LogP contribution in [-0.4, -0.2) is 30.9 Å². The van der Waals surface area contributed by atoms with Gasteiger partial charge in [0.05, 0.1) is 22.1 Å². The monoisotopic (exact) mass is 453 g/mol. The van der Waals surface area contributed by atoms with Crippen LogP contribution in [-0.2, 0) is 17.1 Å². The van der Waals surface area contributed by atoms with E-state index in [9.17, 15) is 9.59 Å². The highest BCUT2D eigenvalue weighted by Crippen LogP contribution is 2.26. The van der Waals surface area contributed by atoms with Crippen LogP contribution in [0.15, 0.2) is 47.5 Å². The van der Waals surface area contributed by atoms with Crippen molar-refractivity contribution in [3.05, 3.63) is 74.9 Å². The van der Waals surface area contributed by atoms with Gasteiger partial charge in [0.2, 0.25) is 5.91 Å². The predicted octanol–water partition coefficient (Wildman–Crippen LogP) is 3.73. The van der Waals surface area contributed by atoms with Crippen molar-refractivity contribution in [3.63, 3.8) is 0 Å². The molecule has 31 heavy (non-hydrogen) atoms. The molecule has 0 aliphatic carbocycles. The SMILES string of the molecule is Cc1sc2nc(CSC(C)C(=O)NCc3ccc(-n4cccn4)cc3)[nH]c(=O)c2c1C. The number of aryl methyl sites for hydroxylation is 2. The molecular formula is C22H23N5O2S2. The number of aromatic nitrogens is 4. The van der Waals surface area contributed by atoms with E-state index in [1.807, 2.05) is 57.3 Å². The van der Waals surface area contributed by atoms with Crippen LogP contribution in [0.2, 0.25) is 0 Å². The first-order valence-corrected chi connectivity index (χ1v) is 11.8. The van der Waals surface area contributed by atoms with Crippen molar-refractivity contribution in [1.29, 1.82) is 0 Å². The topological polar surface area (TPSA) is 92.7 Å². The van der Waals surface area contributed by atoms with E-state index in [0.717, 1.165) is 26.5 Å². The molecule has 1 amide bonds. The Morgan fingerprint density at radius 1 is 1.29 bits per heavy atom. The molecule has 160 valence electrons. The molecule has 4 rings (SSSR count). The third kappa shape index (κ3) is 4.72. The molecule has 0 spiro atoms. The van der Waals surface area contributed by atoms with Gasteiger partial charge in [-0.25, -0.2) is 9.67 Å². The lowest BCUT2D eigenvalue weighted by Gasteiger charge is -2.12. The summed E-state index contributed by atoms with van der Waals surface area (Å²) in [7, 11) is 0. The maximum Gasteiger partial charge on any atom is 0.259 e. The van der Waals surface area contributed by atoms with Crippen LogP contribution in [0.25, 0.3) is 15.9 Å². The predicted molar refractivity (Wildman–Crippen MR) is 126 cm³/mol. The van der Waals surface area contributed by atoms with Crippen molar-refractivity contribution < 1.29 is 4.79 Å². The summed E-state index contributed by atoms with van der Waals surface area (Å²) in [6, 6.07) is 9.77. The van der Waals surface area contributed by atoms with Crippen LogP contribution in [0.1, 0.15) is 28.8 Å². The molecule has 0 fully saturated rings. The Kier molecular flexibility index (Phi) is 6.24. The van der Waals surface area contributed by atoms with Crippen molar-refractivity contribution in [2.75, 3.05) is 0 Å². The molecule has 0 saturated heterocycles. The van der Waals surface area contributed by atoms with Crippen LogP contribution < -0.4 is 10.9 Å². The fourth-order valence-electron chi connectivity index (χ4n) is 3.17. The Labute approximate surface area is 187 Å². The van der Waals surface area contributed by atoms with E-state index in [-0.39, 0.29) is 16.7 Å². The molecule has 1 unspecified atom stereocenters. The Morgan fingerprint density at radius 3 is 2.77 bits per heavy atom. The van der Waals surface area contributed by atoms with Crippen molar-refractivity contribution in [3.8, 4) is 5.69 Å². The number of carbonyl (C=O) groups excluding carboxylic acids is 1. The summed E-state index contributed by atoms with van der Waals surface area (Å²) in [5, 5.41) is 7.57. The Balaban J connectivity index is 1.32. The number of nitrogens with zero attached hydrogens (tertiary/aromatic N) is 3. The maximum absolute atomic E-state index is 12.5. The molecule has 3 heterocycles. The van der Waals surface area contributed by atoms with Crippen LogP contribution in [0.5, 0.6) is 0 Å². The summed E-state index contributed by atoms with van der Waals surface area (Å²) in [6.45, 7) is 6.25. The number of thioether (sulfide) groups is 1. The Morgan fingerprint density at radius 2 is 2.06 bits per heavy atom. The highest BCUT2D eigenvalue weighted by Gasteiger charge is 2.16. The largest absolute Gasteiger partial charge is 0.351 e. The minimum absolute atomic E-state index is 0.0487. The number of rotatable bonds is 7. The number of H-pyrrole nitrogens is 1. The number of hydrogen-bond donors (Lipinski definition) is 2. The van der Waals surface area contributed by atoms with Gasteiger partial charge in [-0.3, -0.25) is 9.59 Å². The standard InChI is InChI=1S/C22H23N5O2S2/c1-13-14(2)31-22-19(13)21(29)25-18(26-22)12-30-15(3)20(28)23-11-16-5-7-17(8-6-16)27-10-4-9-24-27/h4-10,15H,11-12H2,1-3H3,(H,23,28)(H,25,26,29). The highest BCUT2D eigenvalue weighted by atomic mass is 32.2. The molecule has 2 N–H and O–H groups in total. The minimum atomic E-state index is -0.267. The summed E-state index contributed by atoms with van der Waals surface area (Å²) in [5.74, 6) is 1.01. The number of amides is 1. The number of nitrogens with one attached hydrogen (secondary N) is 2. The van der Waals surface area contributed by atoms with Gasteiger partial charge in [0.1, 0.15) is 10.7 Å². The van der Waals surface area contributed by atoms with Crippen molar-refractivity contribution in [1.82, 2.24) is 25.1 Å². The zero-order chi connectivity index (χ0) is 22.0. The van der Waals surface area contributed by atoms with E-state index in [1.54, 1.807) is 10.9 Å². The number of carbonyl (C=O) groups is 1. The number of thiophene rings is 1. The second-order valence-corrected chi connectivity index (χ2v) is 9.80. The van der Waals surface area contributed by atoms with Crippen LogP contribution in [0, 0.1) is 13.8 Å². The molecule has 1 aromatic carbocycles. The van der Waals surface area contributed by atoms with E-state index in [1.165, 1.54) is 23.1 Å². The molecule has 0 aliphatic heterocycles. The van der Waals surface area contributed by atoms with Gasteiger partial charge in [-0.1, -0.05) is 12.1 Å². The molecule has 7 nitrogen and oxygen atoms in total. The van der Waals surface area contributed by atoms with E-state index in [2.05, 4.69) is 20.4 Å². The third-order valence-corrected chi connectivity index (χ3v) is 7.35. The molecule has 0 aliphatic rings. The van der Waals surface area contributed by atoms with Crippen LogP contribution in [0.3, 0.4) is 0 Å². The molecule has 3 aromatic heterocycles. The molecular weight excluding hydrogens is 430 g/mol. The summed E-state index contributed by atoms with van der Waals surface area (Å²) in [6.07, 6.45) is 3.62. The number of aromatic amines is 1. The summed E-state index contributed by atoms with van der Waals surface area (Å²) in [4.78, 5) is 34.2. The summed E-state index contributed by atoms with van der Waals surface area (Å²) in [5.41, 5.74) is 2.86. The summed E-state index contributed by atoms with van der Waals surface area (Å²) >= 11 is 2.98. The zero-order valence-corrected chi connectivity index (χ0v) is 19.1. The van der Waals surface area contributed by atoms with Gasteiger partial charge in [0, 0.05) is 23.8 Å². The van der Waals surface area contributed by atoms with Gasteiger partial charge in [0.25, 0.3) is 5.56 Å². The molecule has 1 atom stereocenters. The average molecular weight is 454 g/mol. The van der Waals surface area contributed by atoms with E-state index in [0.29, 0.717) is 23.5 Å². The molecule has 0 saturated carbocycles. The lowest BCUT2D eigenvalue weighted by atomic mass is 10.2. The van der Waals surface area contributed by atoms with Crippen molar-refractivity contribution in [2.45, 2.75) is 38.3 Å². The van der Waals surface area contributed by atoms with Gasteiger partial charge >= 0.3 is 0 Å². The number of fused-ring (bicyclic) bond motifs is 1. The van der Waals surface area contributed by atoms with Gasteiger partial charge in [-0.15, -0.1) is 23.1 Å². The van der Waals surface area contributed by atoms with E-state index < -0.39 is 0 Å². The fraction of sp³-hybridized carbons (Fsp3) is 0.273. The van der Waals surface area contributed by atoms with E-state index >= 15 is 0 Å². The van der Waals surface area contributed by atoms with Gasteiger partial charge in [0.15, 0.2) is 0 Å². The van der Waals surface area contributed by atoms with Crippen molar-refractivity contribution >= 4 is 39.2 Å². The zero-order valence-electron chi connectivity index (χ0n) is 17.5. The molecule has 0 bridgehead atoms. The first-order valence-electron chi connectivity index (χ1n) is 9.89. The number of hydrogen-bond acceptors (Lipinski definition) is 6. The quantitative estimate of drug-likeness (QED) is 0.445. The van der Waals surface area contributed by atoms with E-state index in [4.69, 9.17) is 0 Å². The van der Waals surface area contributed by atoms with Crippen molar-refractivity contribution in [2.24, 2.45) is 0 Å². The molecule has 4 aromatic rings. The Bertz CT molecular complexity index is 1260. The fourth-order valence-corrected chi connectivity index (χ4v) is 5.00. The first-order chi connectivity index (χ1) is 14.9. The van der Waals surface area contributed by atoms with Crippen LogP contribution in [0.4, 0.5) is 0 Å². The highest BCUT2D eigenvalue weighted by molar-refractivity contribution is 7.99. The average Bonchev–Trinajstić information content (AvgIpc) is 3.39. The minimum Gasteiger partial charge on any atom is -0.351 e. The van der Waals surface area contributed by atoms with Gasteiger partial charge in [-0.2, -0.15) is 5.10 Å². The second-order valence-electron chi connectivity index (χ2n) is 7.26. The van der Waals surface area contributed by atoms with Gasteiger partial charge in [-0.05, 0) is 50.1 Å². The smallest absolute Gasteiger partial charge is 0.259 e. The third-order valence-electron chi connectivity index (χ3n) is 5.10. The number of benzene rings is 1. The lowest BCUT2D eigenvalue weighted by molar-refractivity contribution is -0.120. The first kappa shape index (κ1) is 21.3. The summed E-state index contributed by atoms with van der Waals surface area (Å²) < 4.78 is 1.79.